The SMILES string of the molecule is CCCN(OCC)OC(C)OCC. The first kappa shape index (κ1) is 12.8. The minimum absolute atomic E-state index is 0.247. The lowest BCUT2D eigenvalue weighted by molar-refractivity contribution is -0.413. The van der Waals surface area contributed by atoms with Gasteiger partial charge in [-0.2, -0.15) is 0 Å². The van der Waals surface area contributed by atoms with Gasteiger partial charge in [0.05, 0.1) is 13.2 Å². The fourth-order valence-corrected chi connectivity index (χ4v) is 0.905. The van der Waals surface area contributed by atoms with Crippen LogP contribution in [0.5, 0.6) is 0 Å². The molecule has 0 N–H and O–H groups in total. The average Bonchev–Trinajstić information content (AvgIpc) is 2.05. The van der Waals surface area contributed by atoms with Gasteiger partial charge in [0.2, 0.25) is 0 Å². The van der Waals surface area contributed by atoms with Crippen LogP contribution in [0, 0.1) is 0 Å². The zero-order chi connectivity index (χ0) is 10.1. The van der Waals surface area contributed by atoms with Crippen LogP contribution < -0.4 is 0 Å². The van der Waals surface area contributed by atoms with E-state index in [1.54, 1.807) is 0 Å². The van der Waals surface area contributed by atoms with E-state index in [4.69, 9.17) is 14.4 Å². The van der Waals surface area contributed by atoms with Crippen molar-refractivity contribution < 1.29 is 14.4 Å². The van der Waals surface area contributed by atoms with Gasteiger partial charge < -0.3 is 4.74 Å². The number of hydroxylamine groups is 2. The van der Waals surface area contributed by atoms with E-state index in [-0.39, 0.29) is 6.29 Å². The van der Waals surface area contributed by atoms with Crippen LogP contribution in [0.2, 0.25) is 0 Å². The van der Waals surface area contributed by atoms with Crippen LogP contribution in [0.3, 0.4) is 0 Å². The first-order valence-electron chi connectivity index (χ1n) is 4.93. The van der Waals surface area contributed by atoms with Gasteiger partial charge in [0, 0.05) is 6.61 Å². The Morgan fingerprint density at radius 3 is 2.31 bits per heavy atom. The third-order valence-electron chi connectivity index (χ3n) is 1.35. The molecule has 0 aliphatic carbocycles. The van der Waals surface area contributed by atoms with E-state index < -0.39 is 0 Å². The lowest BCUT2D eigenvalue weighted by atomic mass is 10.5. The zero-order valence-corrected chi connectivity index (χ0v) is 9.08. The van der Waals surface area contributed by atoms with Crippen molar-refractivity contribution in [2.24, 2.45) is 0 Å². The van der Waals surface area contributed by atoms with Crippen LogP contribution in [0.1, 0.15) is 34.1 Å². The van der Waals surface area contributed by atoms with Crippen LogP contribution >= 0.6 is 0 Å². The molecule has 1 atom stereocenters. The molecule has 0 aliphatic heterocycles. The summed E-state index contributed by atoms with van der Waals surface area (Å²) in [6.07, 6.45) is 0.738. The van der Waals surface area contributed by atoms with Crippen molar-refractivity contribution >= 4 is 0 Å². The quantitative estimate of drug-likeness (QED) is 0.433. The molecule has 0 aromatic rings. The van der Waals surface area contributed by atoms with E-state index in [0.29, 0.717) is 13.2 Å². The predicted octanol–water partition coefficient (Wildman–Crippen LogP) is 1.96. The third kappa shape index (κ3) is 6.95. The van der Waals surface area contributed by atoms with Crippen molar-refractivity contribution in [2.45, 2.75) is 40.4 Å². The molecule has 0 saturated heterocycles. The summed E-state index contributed by atoms with van der Waals surface area (Å²) < 4.78 is 5.22. The molecule has 0 aromatic heterocycles. The molecule has 0 heterocycles. The second kappa shape index (κ2) is 8.44. The summed E-state index contributed by atoms with van der Waals surface area (Å²) in [6, 6.07) is 0. The standard InChI is InChI=1S/C9H21NO3/c1-5-8-10(12-7-3)13-9(4)11-6-2/h9H,5-8H2,1-4H3. The van der Waals surface area contributed by atoms with E-state index in [2.05, 4.69) is 6.92 Å². The number of nitrogens with zero attached hydrogens (tertiary/aromatic N) is 1. The van der Waals surface area contributed by atoms with Gasteiger partial charge in [-0.3, -0.25) is 4.84 Å². The molecular formula is C9H21NO3. The largest absolute Gasteiger partial charge is 0.351 e. The minimum Gasteiger partial charge on any atom is -0.351 e. The Morgan fingerprint density at radius 2 is 1.85 bits per heavy atom. The number of ether oxygens (including phenoxy) is 1. The molecule has 80 valence electrons. The Hall–Kier alpha value is -0.160. The van der Waals surface area contributed by atoms with Gasteiger partial charge in [-0.1, -0.05) is 12.2 Å². The first-order chi connectivity index (χ1) is 6.24. The van der Waals surface area contributed by atoms with Gasteiger partial charge >= 0.3 is 0 Å². The Bertz CT molecular complexity index is 105. The normalized spacial score (nSPS) is 13.6. The molecular weight excluding hydrogens is 170 g/mol. The van der Waals surface area contributed by atoms with Crippen LogP contribution in [0.15, 0.2) is 0 Å². The Morgan fingerprint density at radius 1 is 1.15 bits per heavy atom. The summed E-state index contributed by atoms with van der Waals surface area (Å²) in [7, 11) is 0. The smallest absolute Gasteiger partial charge is 0.177 e. The molecule has 0 fully saturated rings. The molecule has 0 aliphatic rings. The van der Waals surface area contributed by atoms with E-state index in [1.807, 2.05) is 20.8 Å². The van der Waals surface area contributed by atoms with Crippen LogP contribution in [0.25, 0.3) is 0 Å². The van der Waals surface area contributed by atoms with E-state index in [1.165, 1.54) is 5.23 Å². The van der Waals surface area contributed by atoms with Crippen molar-refractivity contribution in [1.82, 2.24) is 5.23 Å². The van der Waals surface area contributed by atoms with Gasteiger partial charge in [0.15, 0.2) is 6.29 Å². The Kier molecular flexibility index (Phi) is 8.33. The highest BCUT2D eigenvalue weighted by atomic mass is 17.0. The first-order valence-corrected chi connectivity index (χ1v) is 4.93. The monoisotopic (exact) mass is 191 g/mol. The van der Waals surface area contributed by atoms with E-state index in [0.717, 1.165) is 13.0 Å². The van der Waals surface area contributed by atoms with Gasteiger partial charge in [-0.15, -0.1) is 0 Å². The molecule has 0 radical (unpaired) electrons. The maximum Gasteiger partial charge on any atom is 0.177 e. The van der Waals surface area contributed by atoms with Crippen molar-refractivity contribution in [3.8, 4) is 0 Å². The molecule has 0 rings (SSSR count). The molecule has 4 nitrogen and oxygen atoms in total. The topological polar surface area (TPSA) is 30.9 Å². The molecule has 0 spiro atoms. The van der Waals surface area contributed by atoms with Crippen molar-refractivity contribution in [3.63, 3.8) is 0 Å². The molecule has 1 unspecified atom stereocenters. The van der Waals surface area contributed by atoms with Gasteiger partial charge in [-0.25, -0.2) is 4.84 Å². The molecule has 0 saturated carbocycles. The second-order valence-corrected chi connectivity index (χ2v) is 2.60. The van der Waals surface area contributed by atoms with Gasteiger partial charge in [-0.05, 0) is 27.2 Å². The maximum atomic E-state index is 5.36. The summed E-state index contributed by atoms with van der Waals surface area (Å²) in [5.41, 5.74) is 0. The Labute approximate surface area is 80.7 Å². The fourth-order valence-electron chi connectivity index (χ4n) is 0.905. The van der Waals surface area contributed by atoms with Crippen molar-refractivity contribution in [1.29, 1.82) is 0 Å². The Balaban J connectivity index is 3.64. The molecule has 4 heteroatoms. The van der Waals surface area contributed by atoms with Crippen molar-refractivity contribution in [2.75, 3.05) is 19.8 Å². The second-order valence-electron chi connectivity index (χ2n) is 2.60. The van der Waals surface area contributed by atoms with Gasteiger partial charge in [0.25, 0.3) is 0 Å². The third-order valence-corrected chi connectivity index (χ3v) is 1.35. The fraction of sp³-hybridized carbons (Fsp3) is 1.00. The summed E-state index contributed by atoms with van der Waals surface area (Å²) in [5.74, 6) is 0. The highest BCUT2D eigenvalue weighted by Gasteiger charge is 2.09. The predicted molar refractivity (Wildman–Crippen MR) is 50.8 cm³/mol. The summed E-state index contributed by atoms with van der Waals surface area (Å²) in [4.78, 5) is 10.6. The van der Waals surface area contributed by atoms with Crippen LogP contribution in [-0.2, 0) is 14.4 Å². The lowest BCUT2D eigenvalue weighted by Crippen LogP contribution is -2.30. The van der Waals surface area contributed by atoms with Crippen molar-refractivity contribution in [3.05, 3.63) is 0 Å². The van der Waals surface area contributed by atoms with E-state index >= 15 is 0 Å². The highest BCUT2D eigenvalue weighted by Crippen LogP contribution is 2.01. The van der Waals surface area contributed by atoms with E-state index in [9.17, 15) is 0 Å². The summed E-state index contributed by atoms with van der Waals surface area (Å²) in [5, 5.41) is 1.49. The van der Waals surface area contributed by atoms with Crippen LogP contribution in [-0.4, -0.2) is 31.3 Å². The maximum absolute atomic E-state index is 5.36. The lowest BCUT2D eigenvalue weighted by Gasteiger charge is -2.23. The minimum atomic E-state index is -0.247. The molecule has 0 amide bonds. The molecule has 13 heavy (non-hydrogen) atoms. The molecule has 0 bridgehead atoms. The average molecular weight is 191 g/mol. The van der Waals surface area contributed by atoms with Crippen LogP contribution in [0.4, 0.5) is 0 Å². The summed E-state index contributed by atoms with van der Waals surface area (Å²) >= 11 is 0. The number of hydrogen-bond acceptors (Lipinski definition) is 4. The number of hydrogen-bond donors (Lipinski definition) is 0. The zero-order valence-electron chi connectivity index (χ0n) is 9.08. The molecule has 0 aromatic carbocycles. The van der Waals surface area contributed by atoms with Gasteiger partial charge in [0.1, 0.15) is 0 Å². The summed E-state index contributed by atoms with van der Waals surface area (Å²) in [6.45, 7) is 9.80. The number of rotatable bonds is 8. The highest BCUT2D eigenvalue weighted by molar-refractivity contribution is 4.31.